The van der Waals surface area contributed by atoms with Crippen LogP contribution < -0.4 is 19.6 Å². The van der Waals surface area contributed by atoms with E-state index in [1.165, 1.54) is 18.0 Å². The number of H-pyrrole nitrogens is 1. The first kappa shape index (κ1) is 19.6. The number of methoxy groups -OCH3 is 3. The van der Waals surface area contributed by atoms with Crippen LogP contribution in [0.2, 0.25) is 0 Å². The Bertz CT molecular complexity index is 970. The monoisotopic (exact) mass is 400 g/mol. The third-order valence-electron chi connectivity index (χ3n) is 3.84. The number of aromatic amines is 1. The van der Waals surface area contributed by atoms with Gasteiger partial charge in [0.15, 0.2) is 16.7 Å². The van der Waals surface area contributed by atoms with Gasteiger partial charge in [-0.05, 0) is 18.2 Å². The Balaban J connectivity index is 1.60. The average Bonchev–Trinajstić information content (AvgIpc) is 3.14. The van der Waals surface area contributed by atoms with Crippen LogP contribution in [0.3, 0.4) is 0 Å². The van der Waals surface area contributed by atoms with Crippen molar-refractivity contribution in [2.75, 3.05) is 27.1 Å². The third-order valence-corrected chi connectivity index (χ3v) is 4.71. The molecule has 28 heavy (non-hydrogen) atoms. The normalized spacial score (nSPS) is 11.0. The highest BCUT2D eigenvalue weighted by atomic mass is 32.2. The Morgan fingerprint density at radius 1 is 1.14 bits per heavy atom. The van der Waals surface area contributed by atoms with Crippen molar-refractivity contribution >= 4 is 34.9 Å². The first-order valence-corrected chi connectivity index (χ1v) is 9.32. The number of hydrogen-bond donors (Lipinski definition) is 2. The van der Waals surface area contributed by atoms with Gasteiger partial charge in [-0.15, -0.1) is 0 Å². The first-order chi connectivity index (χ1) is 13.6. The molecule has 0 aliphatic heterocycles. The summed E-state index contributed by atoms with van der Waals surface area (Å²) < 4.78 is 15.8. The van der Waals surface area contributed by atoms with Gasteiger partial charge in [-0.3, -0.25) is 4.79 Å². The summed E-state index contributed by atoms with van der Waals surface area (Å²) in [6.07, 6.45) is 1.49. The summed E-state index contributed by atoms with van der Waals surface area (Å²) in [7, 11) is 4.63. The van der Waals surface area contributed by atoms with Crippen molar-refractivity contribution in [2.45, 2.75) is 5.16 Å². The summed E-state index contributed by atoms with van der Waals surface area (Å²) in [5.74, 6) is 1.56. The second kappa shape index (κ2) is 9.14. The molecule has 0 unspecified atom stereocenters. The fourth-order valence-electron chi connectivity index (χ4n) is 2.49. The predicted octanol–water partition coefficient (Wildman–Crippen LogP) is 2.83. The number of aromatic nitrogens is 2. The van der Waals surface area contributed by atoms with Crippen molar-refractivity contribution in [1.82, 2.24) is 15.4 Å². The van der Waals surface area contributed by atoms with Gasteiger partial charge in [0.25, 0.3) is 5.91 Å². The van der Waals surface area contributed by atoms with Crippen LogP contribution in [0, 0.1) is 0 Å². The van der Waals surface area contributed by atoms with Gasteiger partial charge in [0, 0.05) is 11.6 Å². The van der Waals surface area contributed by atoms with E-state index in [1.807, 2.05) is 24.3 Å². The van der Waals surface area contributed by atoms with Crippen LogP contribution in [0.15, 0.2) is 46.7 Å². The van der Waals surface area contributed by atoms with E-state index in [0.717, 1.165) is 11.0 Å². The molecule has 0 spiro atoms. The van der Waals surface area contributed by atoms with Gasteiger partial charge in [0.05, 0.1) is 44.3 Å². The average molecular weight is 400 g/mol. The van der Waals surface area contributed by atoms with Crippen LogP contribution in [0.5, 0.6) is 17.2 Å². The summed E-state index contributed by atoms with van der Waals surface area (Å²) in [5.41, 5.74) is 4.94. The van der Waals surface area contributed by atoms with E-state index in [4.69, 9.17) is 14.2 Å². The van der Waals surface area contributed by atoms with Crippen molar-refractivity contribution in [2.24, 2.45) is 5.10 Å². The highest BCUT2D eigenvalue weighted by Crippen LogP contribution is 2.33. The van der Waals surface area contributed by atoms with Gasteiger partial charge in [0.2, 0.25) is 0 Å². The largest absolute Gasteiger partial charge is 0.496 e. The Labute approximate surface area is 166 Å². The molecule has 9 heteroatoms. The van der Waals surface area contributed by atoms with E-state index in [-0.39, 0.29) is 11.7 Å². The van der Waals surface area contributed by atoms with Gasteiger partial charge in [-0.2, -0.15) is 5.10 Å². The number of fused-ring (bicyclic) bond motifs is 1. The SMILES string of the molecule is COc1cc(OC)c(OC)cc1/C=N\NC(=O)CSc1nc2ccccc2[nH]1. The number of imidazole rings is 1. The minimum atomic E-state index is -0.249. The third kappa shape index (κ3) is 4.55. The van der Waals surface area contributed by atoms with E-state index in [0.29, 0.717) is 28.0 Å². The van der Waals surface area contributed by atoms with Gasteiger partial charge in [0.1, 0.15) is 5.75 Å². The molecule has 2 aromatic carbocycles. The number of amides is 1. The zero-order chi connectivity index (χ0) is 19.9. The van der Waals surface area contributed by atoms with Crippen molar-refractivity contribution < 1.29 is 19.0 Å². The maximum atomic E-state index is 12.0. The summed E-state index contributed by atoms with van der Waals surface area (Å²) >= 11 is 1.31. The Morgan fingerprint density at radius 3 is 2.57 bits per heavy atom. The van der Waals surface area contributed by atoms with Crippen molar-refractivity contribution in [3.63, 3.8) is 0 Å². The zero-order valence-electron chi connectivity index (χ0n) is 15.7. The van der Waals surface area contributed by atoms with Gasteiger partial charge in [-0.25, -0.2) is 10.4 Å². The fraction of sp³-hybridized carbons (Fsp3) is 0.211. The quantitative estimate of drug-likeness (QED) is 0.343. The molecule has 3 rings (SSSR count). The van der Waals surface area contributed by atoms with E-state index in [9.17, 15) is 4.79 Å². The topological polar surface area (TPSA) is 97.8 Å². The molecule has 146 valence electrons. The maximum absolute atomic E-state index is 12.0. The summed E-state index contributed by atoms with van der Waals surface area (Å²) in [5, 5.41) is 4.67. The number of rotatable bonds is 8. The smallest absolute Gasteiger partial charge is 0.250 e. The zero-order valence-corrected chi connectivity index (χ0v) is 16.5. The lowest BCUT2D eigenvalue weighted by atomic mass is 10.2. The molecule has 0 aliphatic carbocycles. The Morgan fingerprint density at radius 2 is 1.86 bits per heavy atom. The summed E-state index contributed by atoms with van der Waals surface area (Å²) in [6, 6.07) is 11.1. The molecule has 2 N–H and O–H groups in total. The Hall–Kier alpha value is -3.20. The minimum absolute atomic E-state index is 0.181. The van der Waals surface area contributed by atoms with Crippen LogP contribution in [-0.4, -0.2) is 49.2 Å². The van der Waals surface area contributed by atoms with E-state index < -0.39 is 0 Å². The number of carbonyl (C=O) groups excluding carboxylic acids is 1. The second-order valence-electron chi connectivity index (χ2n) is 5.59. The molecule has 3 aromatic rings. The minimum Gasteiger partial charge on any atom is -0.496 e. The molecule has 0 atom stereocenters. The summed E-state index contributed by atoms with van der Waals surface area (Å²) in [6.45, 7) is 0. The lowest BCUT2D eigenvalue weighted by Crippen LogP contribution is -2.19. The number of hydrazone groups is 1. The van der Waals surface area contributed by atoms with Crippen LogP contribution in [0.1, 0.15) is 5.56 Å². The van der Waals surface area contributed by atoms with Crippen LogP contribution in [0.25, 0.3) is 11.0 Å². The standard InChI is InChI=1S/C19H20N4O4S/c1-25-15-9-17(27-3)16(26-2)8-12(15)10-20-23-18(24)11-28-19-21-13-6-4-5-7-14(13)22-19/h4-10H,11H2,1-3H3,(H,21,22)(H,23,24)/b20-10-. The number of nitrogens with one attached hydrogen (secondary N) is 2. The van der Waals surface area contributed by atoms with E-state index in [2.05, 4.69) is 20.5 Å². The molecular weight excluding hydrogens is 380 g/mol. The van der Waals surface area contributed by atoms with Gasteiger partial charge >= 0.3 is 0 Å². The first-order valence-electron chi connectivity index (χ1n) is 8.34. The molecule has 1 amide bonds. The molecular formula is C19H20N4O4S. The second-order valence-corrected chi connectivity index (χ2v) is 6.55. The highest BCUT2D eigenvalue weighted by Gasteiger charge is 2.11. The number of thioether (sulfide) groups is 1. The maximum Gasteiger partial charge on any atom is 0.250 e. The summed E-state index contributed by atoms with van der Waals surface area (Å²) in [4.78, 5) is 19.6. The molecule has 0 radical (unpaired) electrons. The van der Waals surface area contributed by atoms with Crippen LogP contribution in [-0.2, 0) is 4.79 Å². The van der Waals surface area contributed by atoms with Crippen molar-refractivity contribution in [3.8, 4) is 17.2 Å². The molecule has 8 nitrogen and oxygen atoms in total. The lowest BCUT2D eigenvalue weighted by Gasteiger charge is -2.11. The van der Waals surface area contributed by atoms with E-state index in [1.54, 1.807) is 33.5 Å². The van der Waals surface area contributed by atoms with Gasteiger partial charge in [-0.1, -0.05) is 23.9 Å². The Kier molecular flexibility index (Phi) is 6.38. The molecule has 1 heterocycles. The predicted molar refractivity (Wildman–Crippen MR) is 109 cm³/mol. The van der Waals surface area contributed by atoms with E-state index >= 15 is 0 Å². The number of carbonyl (C=O) groups is 1. The molecule has 0 fully saturated rings. The number of ether oxygens (including phenoxy) is 3. The fourth-order valence-corrected chi connectivity index (χ4v) is 3.17. The number of nitrogens with zero attached hydrogens (tertiary/aromatic N) is 2. The molecule has 1 aromatic heterocycles. The van der Waals surface area contributed by atoms with Gasteiger partial charge < -0.3 is 19.2 Å². The number of hydrogen-bond acceptors (Lipinski definition) is 7. The highest BCUT2D eigenvalue weighted by molar-refractivity contribution is 7.99. The molecule has 0 saturated carbocycles. The van der Waals surface area contributed by atoms with Crippen LogP contribution >= 0.6 is 11.8 Å². The van der Waals surface area contributed by atoms with Crippen molar-refractivity contribution in [3.05, 3.63) is 42.0 Å². The molecule has 0 aliphatic rings. The number of para-hydroxylation sites is 2. The lowest BCUT2D eigenvalue weighted by molar-refractivity contribution is -0.118. The molecule has 0 bridgehead atoms. The number of benzene rings is 2. The van der Waals surface area contributed by atoms with Crippen molar-refractivity contribution in [1.29, 1.82) is 0 Å². The molecule has 0 saturated heterocycles. The van der Waals surface area contributed by atoms with Crippen LogP contribution in [0.4, 0.5) is 0 Å².